The third kappa shape index (κ3) is 3.60. The molecule has 1 aromatic rings. The van der Waals surface area contributed by atoms with Crippen molar-refractivity contribution in [2.24, 2.45) is 11.7 Å². The molecule has 0 aromatic carbocycles. The van der Waals surface area contributed by atoms with Crippen LogP contribution in [0.15, 0.2) is 16.5 Å². The van der Waals surface area contributed by atoms with Gasteiger partial charge in [0.05, 0.1) is 19.6 Å². The predicted octanol–water partition coefficient (Wildman–Crippen LogP) is 0.436. The molecule has 1 aliphatic rings. The van der Waals surface area contributed by atoms with Crippen molar-refractivity contribution in [2.75, 3.05) is 20.1 Å². The van der Waals surface area contributed by atoms with E-state index in [4.69, 9.17) is 10.2 Å². The second kappa shape index (κ2) is 6.09. The molecule has 0 spiro atoms. The summed E-state index contributed by atoms with van der Waals surface area (Å²) in [5.74, 6) is 2.48. The molecule has 110 valence electrons. The molecule has 1 fully saturated rings. The van der Waals surface area contributed by atoms with Crippen LogP contribution in [0.2, 0.25) is 0 Å². The van der Waals surface area contributed by atoms with Gasteiger partial charge in [-0.25, -0.2) is 0 Å². The molecule has 2 atom stereocenters. The minimum atomic E-state index is -0.338. The third-order valence-corrected chi connectivity index (χ3v) is 3.60. The van der Waals surface area contributed by atoms with E-state index in [0.29, 0.717) is 18.4 Å². The molecule has 2 rings (SSSR count). The zero-order valence-corrected chi connectivity index (χ0v) is 11.9. The molecule has 1 aliphatic carbocycles. The van der Waals surface area contributed by atoms with E-state index in [2.05, 4.69) is 12.2 Å². The molecule has 2 amide bonds. The summed E-state index contributed by atoms with van der Waals surface area (Å²) < 4.78 is 5.74. The van der Waals surface area contributed by atoms with Crippen molar-refractivity contribution in [2.45, 2.75) is 25.8 Å². The molecule has 20 heavy (non-hydrogen) atoms. The Bertz CT molecular complexity index is 498. The molecule has 1 heterocycles. The Morgan fingerprint density at radius 1 is 1.50 bits per heavy atom. The van der Waals surface area contributed by atoms with Crippen molar-refractivity contribution in [1.29, 1.82) is 0 Å². The standard InChI is InChI=1S/C14H21N3O3/c1-9-5-11(9)12-4-3-10(20-12)8-17(2)14(19)7-16-13(18)6-15/h3-4,9,11H,5-8,15H2,1-2H3,(H,16,18). The smallest absolute Gasteiger partial charge is 0.242 e. The van der Waals surface area contributed by atoms with Gasteiger partial charge in [0, 0.05) is 13.0 Å². The SMILES string of the molecule is CC1CC1c1ccc(CN(C)C(=O)CNC(=O)CN)o1. The minimum absolute atomic E-state index is 0.0419. The number of rotatable bonds is 6. The van der Waals surface area contributed by atoms with E-state index in [0.717, 1.165) is 11.5 Å². The van der Waals surface area contributed by atoms with Crippen LogP contribution in [0.4, 0.5) is 0 Å². The van der Waals surface area contributed by atoms with Gasteiger partial charge in [-0.15, -0.1) is 0 Å². The van der Waals surface area contributed by atoms with Gasteiger partial charge in [-0.05, 0) is 24.5 Å². The first kappa shape index (κ1) is 14.6. The summed E-state index contributed by atoms with van der Waals surface area (Å²) in [7, 11) is 1.68. The van der Waals surface area contributed by atoms with Gasteiger partial charge in [-0.3, -0.25) is 9.59 Å². The number of carbonyl (C=O) groups is 2. The molecular weight excluding hydrogens is 258 g/mol. The molecule has 6 heteroatoms. The van der Waals surface area contributed by atoms with Crippen molar-refractivity contribution in [3.63, 3.8) is 0 Å². The number of nitrogens with zero attached hydrogens (tertiary/aromatic N) is 1. The van der Waals surface area contributed by atoms with Crippen LogP contribution in [-0.2, 0) is 16.1 Å². The second-order valence-corrected chi connectivity index (χ2v) is 5.35. The van der Waals surface area contributed by atoms with Crippen LogP contribution in [0.25, 0.3) is 0 Å². The molecule has 1 saturated carbocycles. The molecule has 1 aromatic heterocycles. The summed E-state index contributed by atoms with van der Waals surface area (Å²) in [4.78, 5) is 24.3. The number of carbonyl (C=O) groups excluding carboxylic acids is 2. The van der Waals surface area contributed by atoms with E-state index in [1.807, 2.05) is 12.1 Å². The summed E-state index contributed by atoms with van der Waals surface area (Å²) in [6, 6.07) is 3.89. The number of furan rings is 1. The highest BCUT2D eigenvalue weighted by Crippen LogP contribution is 2.47. The number of hydrogen-bond acceptors (Lipinski definition) is 4. The first-order valence-corrected chi connectivity index (χ1v) is 6.80. The van der Waals surface area contributed by atoms with E-state index in [1.54, 1.807) is 7.05 Å². The summed E-state index contributed by atoms with van der Waals surface area (Å²) in [6.07, 6.45) is 1.17. The largest absolute Gasteiger partial charge is 0.464 e. The Morgan fingerprint density at radius 2 is 2.20 bits per heavy atom. The number of hydrogen-bond donors (Lipinski definition) is 2. The van der Waals surface area contributed by atoms with Gasteiger partial charge in [0.25, 0.3) is 0 Å². The van der Waals surface area contributed by atoms with E-state index in [1.165, 1.54) is 11.3 Å². The van der Waals surface area contributed by atoms with Gasteiger partial charge in [0.1, 0.15) is 11.5 Å². The lowest BCUT2D eigenvalue weighted by molar-refractivity contribution is -0.132. The molecule has 2 unspecified atom stereocenters. The zero-order chi connectivity index (χ0) is 14.7. The topological polar surface area (TPSA) is 88.6 Å². The first-order chi connectivity index (χ1) is 9.51. The highest BCUT2D eigenvalue weighted by molar-refractivity contribution is 5.85. The zero-order valence-electron chi connectivity index (χ0n) is 11.9. The van der Waals surface area contributed by atoms with E-state index < -0.39 is 0 Å². The Labute approximate surface area is 118 Å². The maximum atomic E-state index is 11.8. The van der Waals surface area contributed by atoms with Crippen LogP contribution < -0.4 is 11.1 Å². The number of nitrogens with one attached hydrogen (secondary N) is 1. The minimum Gasteiger partial charge on any atom is -0.464 e. The van der Waals surface area contributed by atoms with Gasteiger partial charge in [0.2, 0.25) is 11.8 Å². The molecule has 0 saturated heterocycles. The Hall–Kier alpha value is -1.82. The van der Waals surface area contributed by atoms with Crippen LogP contribution in [0.5, 0.6) is 0 Å². The fraction of sp³-hybridized carbons (Fsp3) is 0.571. The fourth-order valence-electron chi connectivity index (χ4n) is 2.10. The lowest BCUT2D eigenvalue weighted by Gasteiger charge is -2.15. The van der Waals surface area contributed by atoms with Crippen molar-refractivity contribution in [1.82, 2.24) is 10.2 Å². The average molecular weight is 279 g/mol. The van der Waals surface area contributed by atoms with Crippen LogP contribution in [0.3, 0.4) is 0 Å². The van der Waals surface area contributed by atoms with Crippen LogP contribution in [0.1, 0.15) is 30.8 Å². The van der Waals surface area contributed by atoms with Gasteiger partial charge in [0.15, 0.2) is 0 Å². The fourth-order valence-corrected chi connectivity index (χ4v) is 2.10. The predicted molar refractivity (Wildman–Crippen MR) is 73.8 cm³/mol. The highest BCUT2D eigenvalue weighted by atomic mass is 16.3. The van der Waals surface area contributed by atoms with Gasteiger partial charge >= 0.3 is 0 Å². The second-order valence-electron chi connectivity index (χ2n) is 5.35. The molecule has 0 radical (unpaired) electrons. The Morgan fingerprint density at radius 3 is 2.80 bits per heavy atom. The van der Waals surface area contributed by atoms with Gasteiger partial charge in [-0.2, -0.15) is 0 Å². The van der Waals surface area contributed by atoms with Crippen LogP contribution >= 0.6 is 0 Å². The van der Waals surface area contributed by atoms with E-state index in [-0.39, 0.29) is 24.9 Å². The van der Waals surface area contributed by atoms with Gasteiger partial charge in [-0.1, -0.05) is 6.92 Å². The normalized spacial score (nSPS) is 20.6. The lowest BCUT2D eigenvalue weighted by atomic mass is 10.3. The van der Waals surface area contributed by atoms with Crippen molar-refractivity contribution in [3.8, 4) is 0 Å². The molecule has 0 bridgehead atoms. The van der Waals surface area contributed by atoms with E-state index in [9.17, 15) is 9.59 Å². The quantitative estimate of drug-likeness (QED) is 0.790. The van der Waals surface area contributed by atoms with Crippen LogP contribution in [0, 0.1) is 5.92 Å². The summed E-state index contributed by atoms with van der Waals surface area (Å²) in [6.45, 7) is 2.44. The molecular formula is C14H21N3O3. The van der Waals surface area contributed by atoms with Crippen molar-refractivity contribution < 1.29 is 14.0 Å². The van der Waals surface area contributed by atoms with Crippen molar-refractivity contribution >= 4 is 11.8 Å². The lowest BCUT2D eigenvalue weighted by Crippen LogP contribution is -2.40. The van der Waals surface area contributed by atoms with Gasteiger partial charge < -0.3 is 20.4 Å². The maximum absolute atomic E-state index is 11.8. The monoisotopic (exact) mass is 279 g/mol. The maximum Gasteiger partial charge on any atom is 0.242 e. The molecule has 0 aliphatic heterocycles. The Kier molecular flexibility index (Phi) is 4.44. The summed E-state index contributed by atoms with van der Waals surface area (Å²) in [5, 5.41) is 2.45. The first-order valence-electron chi connectivity index (χ1n) is 6.80. The number of amides is 2. The van der Waals surface area contributed by atoms with Crippen molar-refractivity contribution in [3.05, 3.63) is 23.7 Å². The van der Waals surface area contributed by atoms with Crippen LogP contribution in [-0.4, -0.2) is 36.9 Å². The summed E-state index contributed by atoms with van der Waals surface area (Å²) in [5.41, 5.74) is 5.15. The number of likely N-dealkylation sites (N-methyl/N-ethyl adjacent to an activating group) is 1. The number of nitrogens with two attached hydrogens (primary N) is 1. The average Bonchev–Trinajstić information content (AvgIpc) is 2.98. The molecule has 6 nitrogen and oxygen atoms in total. The van der Waals surface area contributed by atoms with E-state index >= 15 is 0 Å². The highest BCUT2D eigenvalue weighted by Gasteiger charge is 2.36. The third-order valence-electron chi connectivity index (χ3n) is 3.60. The Balaban J connectivity index is 1.81. The summed E-state index contributed by atoms with van der Waals surface area (Å²) >= 11 is 0. The molecule has 3 N–H and O–H groups in total.